The second-order valence-electron chi connectivity index (χ2n) is 6.74. The van der Waals surface area contributed by atoms with Gasteiger partial charge in [-0.05, 0) is 55.3 Å². The molecule has 2 rings (SSSR count). The Morgan fingerprint density at radius 3 is 2.68 bits per heavy atom. The minimum atomic E-state index is -0.444. The average molecular weight is 370 g/mol. The molecule has 1 aromatic rings. The van der Waals surface area contributed by atoms with Crippen molar-refractivity contribution in [2.24, 2.45) is 0 Å². The molecular formula is C16H24BrN3O2. The second-order valence-corrected chi connectivity index (χ2v) is 7.55. The van der Waals surface area contributed by atoms with Crippen LogP contribution in [-0.2, 0) is 11.3 Å². The van der Waals surface area contributed by atoms with E-state index in [1.165, 1.54) is 5.56 Å². The molecule has 1 aromatic heterocycles. The lowest BCUT2D eigenvalue weighted by molar-refractivity contribution is 0.00460. The Labute approximate surface area is 140 Å². The number of ether oxygens (including phenoxy) is 1. The first-order valence-corrected chi connectivity index (χ1v) is 8.36. The zero-order valence-corrected chi connectivity index (χ0v) is 15.3. The van der Waals surface area contributed by atoms with Gasteiger partial charge < -0.3 is 9.64 Å². The molecule has 122 valence electrons. The summed E-state index contributed by atoms with van der Waals surface area (Å²) in [6.45, 7) is 10.9. The summed E-state index contributed by atoms with van der Waals surface area (Å²) in [6.07, 6.45) is 1.67. The summed E-state index contributed by atoms with van der Waals surface area (Å²) in [4.78, 5) is 20.6. The first-order chi connectivity index (χ1) is 10.2. The lowest BCUT2D eigenvalue weighted by atomic mass is 10.1. The van der Waals surface area contributed by atoms with Crippen molar-refractivity contribution in [2.75, 3.05) is 19.6 Å². The predicted octanol–water partition coefficient (Wildman–Crippen LogP) is 3.29. The van der Waals surface area contributed by atoms with Gasteiger partial charge in [0.15, 0.2) is 0 Å². The number of hydrogen-bond acceptors (Lipinski definition) is 4. The van der Waals surface area contributed by atoms with Gasteiger partial charge in [0.05, 0.1) is 0 Å². The fourth-order valence-corrected chi connectivity index (χ4v) is 2.69. The monoisotopic (exact) mass is 369 g/mol. The summed E-state index contributed by atoms with van der Waals surface area (Å²) in [5.74, 6) is 0. The van der Waals surface area contributed by atoms with Crippen molar-refractivity contribution in [1.82, 2.24) is 14.8 Å². The molecule has 1 amide bonds. The van der Waals surface area contributed by atoms with E-state index in [-0.39, 0.29) is 6.09 Å². The van der Waals surface area contributed by atoms with Gasteiger partial charge in [0.1, 0.15) is 10.2 Å². The number of carbonyl (C=O) groups is 1. The minimum Gasteiger partial charge on any atom is -0.444 e. The summed E-state index contributed by atoms with van der Waals surface area (Å²) >= 11 is 3.35. The Bertz CT molecular complexity index is 513. The van der Waals surface area contributed by atoms with E-state index in [4.69, 9.17) is 4.74 Å². The molecule has 0 spiro atoms. The molecule has 1 unspecified atom stereocenters. The van der Waals surface area contributed by atoms with E-state index in [1.54, 1.807) is 4.90 Å². The number of hydrogen-bond donors (Lipinski definition) is 0. The maximum absolute atomic E-state index is 12.1. The first-order valence-electron chi connectivity index (χ1n) is 7.57. The van der Waals surface area contributed by atoms with Gasteiger partial charge in [-0.1, -0.05) is 6.07 Å². The third-order valence-corrected chi connectivity index (χ3v) is 4.06. The van der Waals surface area contributed by atoms with E-state index in [0.717, 1.165) is 17.7 Å². The van der Waals surface area contributed by atoms with E-state index in [9.17, 15) is 4.79 Å². The van der Waals surface area contributed by atoms with Crippen LogP contribution in [0.5, 0.6) is 0 Å². The molecule has 1 aliphatic rings. The fourth-order valence-electron chi connectivity index (χ4n) is 2.46. The molecule has 0 aromatic carbocycles. The lowest BCUT2D eigenvalue weighted by Crippen LogP contribution is -2.54. The van der Waals surface area contributed by atoms with Crippen LogP contribution in [0.2, 0.25) is 0 Å². The molecule has 6 heteroatoms. The highest BCUT2D eigenvalue weighted by molar-refractivity contribution is 9.10. The number of halogens is 1. The van der Waals surface area contributed by atoms with E-state index >= 15 is 0 Å². The molecule has 0 aliphatic carbocycles. The van der Waals surface area contributed by atoms with Gasteiger partial charge in [0, 0.05) is 38.4 Å². The largest absolute Gasteiger partial charge is 0.444 e. The third-order valence-electron chi connectivity index (χ3n) is 3.59. The van der Waals surface area contributed by atoms with E-state index in [1.807, 2.05) is 33.0 Å². The topological polar surface area (TPSA) is 45.7 Å². The van der Waals surface area contributed by atoms with Gasteiger partial charge in [-0.2, -0.15) is 0 Å². The molecule has 0 N–H and O–H groups in total. The Morgan fingerprint density at radius 2 is 2.14 bits per heavy atom. The first kappa shape index (κ1) is 17.2. The number of carbonyl (C=O) groups excluding carboxylic acids is 1. The van der Waals surface area contributed by atoms with Gasteiger partial charge in [-0.3, -0.25) is 4.90 Å². The highest BCUT2D eigenvalue weighted by atomic mass is 79.9. The maximum Gasteiger partial charge on any atom is 0.410 e. The van der Waals surface area contributed by atoms with E-state index < -0.39 is 5.60 Å². The summed E-state index contributed by atoms with van der Waals surface area (Å²) in [7, 11) is 0. The molecule has 1 saturated heterocycles. The standard InChI is InChI=1S/C16H24BrN3O2/c1-12-10-20(15(21)22-16(2,3)4)8-7-19(12)11-13-5-6-14(17)18-9-13/h5-6,9,12H,7-8,10-11H2,1-4H3. The Kier molecular flexibility index (Phi) is 5.45. The number of pyridine rings is 1. The molecule has 0 bridgehead atoms. The number of piperazine rings is 1. The van der Waals surface area contributed by atoms with Crippen molar-refractivity contribution >= 4 is 22.0 Å². The van der Waals surface area contributed by atoms with Crippen molar-refractivity contribution < 1.29 is 9.53 Å². The molecule has 5 nitrogen and oxygen atoms in total. The van der Waals surface area contributed by atoms with Crippen LogP contribution in [0.1, 0.15) is 33.3 Å². The fraction of sp³-hybridized carbons (Fsp3) is 0.625. The third kappa shape index (κ3) is 4.95. The van der Waals surface area contributed by atoms with Gasteiger partial charge in [0.2, 0.25) is 0 Å². The number of aromatic nitrogens is 1. The van der Waals surface area contributed by atoms with Crippen LogP contribution >= 0.6 is 15.9 Å². The highest BCUT2D eigenvalue weighted by Gasteiger charge is 2.29. The van der Waals surface area contributed by atoms with Crippen LogP contribution in [0, 0.1) is 0 Å². The van der Waals surface area contributed by atoms with Crippen LogP contribution in [0.3, 0.4) is 0 Å². The summed E-state index contributed by atoms with van der Waals surface area (Å²) < 4.78 is 6.29. The maximum atomic E-state index is 12.1. The van der Waals surface area contributed by atoms with Crippen molar-refractivity contribution in [3.63, 3.8) is 0 Å². The Balaban J connectivity index is 1.90. The zero-order chi connectivity index (χ0) is 16.3. The molecule has 0 saturated carbocycles. The molecule has 22 heavy (non-hydrogen) atoms. The molecule has 0 radical (unpaired) electrons. The average Bonchev–Trinajstić information content (AvgIpc) is 2.41. The van der Waals surface area contributed by atoms with Gasteiger partial charge in [-0.15, -0.1) is 0 Å². The number of rotatable bonds is 2. The second kappa shape index (κ2) is 6.96. The summed E-state index contributed by atoms with van der Waals surface area (Å²) in [6, 6.07) is 4.32. The zero-order valence-electron chi connectivity index (χ0n) is 13.7. The van der Waals surface area contributed by atoms with Crippen molar-refractivity contribution in [3.8, 4) is 0 Å². The highest BCUT2D eigenvalue weighted by Crippen LogP contribution is 2.17. The Morgan fingerprint density at radius 1 is 1.41 bits per heavy atom. The SMILES string of the molecule is CC1CN(C(=O)OC(C)(C)C)CCN1Cc1ccc(Br)nc1. The lowest BCUT2D eigenvalue weighted by Gasteiger charge is -2.40. The number of nitrogens with zero attached hydrogens (tertiary/aromatic N) is 3. The van der Waals surface area contributed by atoms with Crippen molar-refractivity contribution in [2.45, 2.75) is 45.9 Å². The molecule has 1 fully saturated rings. The summed E-state index contributed by atoms with van der Waals surface area (Å²) in [5.41, 5.74) is 0.737. The number of amides is 1. The van der Waals surface area contributed by atoms with E-state index in [2.05, 4.69) is 38.8 Å². The van der Waals surface area contributed by atoms with Gasteiger partial charge in [0.25, 0.3) is 0 Å². The van der Waals surface area contributed by atoms with E-state index in [0.29, 0.717) is 19.1 Å². The minimum absolute atomic E-state index is 0.218. The predicted molar refractivity (Wildman–Crippen MR) is 89.6 cm³/mol. The van der Waals surface area contributed by atoms with Crippen LogP contribution in [-0.4, -0.2) is 52.2 Å². The van der Waals surface area contributed by atoms with Crippen LogP contribution in [0.15, 0.2) is 22.9 Å². The van der Waals surface area contributed by atoms with Crippen LogP contribution in [0.25, 0.3) is 0 Å². The normalized spacial score (nSPS) is 20.0. The molecular weight excluding hydrogens is 346 g/mol. The quantitative estimate of drug-likeness (QED) is 0.750. The van der Waals surface area contributed by atoms with Crippen molar-refractivity contribution in [3.05, 3.63) is 28.5 Å². The van der Waals surface area contributed by atoms with Gasteiger partial charge in [-0.25, -0.2) is 9.78 Å². The van der Waals surface area contributed by atoms with Crippen LogP contribution < -0.4 is 0 Å². The van der Waals surface area contributed by atoms with Crippen molar-refractivity contribution in [1.29, 1.82) is 0 Å². The smallest absolute Gasteiger partial charge is 0.410 e. The molecule has 2 heterocycles. The molecule has 1 aliphatic heterocycles. The summed E-state index contributed by atoms with van der Waals surface area (Å²) in [5, 5.41) is 0. The Hall–Kier alpha value is -1.14. The van der Waals surface area contributed by atoms with Crippen LogP contribution in [0.4, 0.5) is 4.79 Å². The van der Waals surface area contributed by atoms with Gasteiger partial charge >= 0.3 is 6.09 Å². The molecule has 1 atom stereocenters.